The van der Waals surface area contributed by atoms with Crippen molar-refractivity contribution in [2.24, 2.45) is 0 Å². The van der Waals surface area contributed by atoms with Crippen LogP contribution in [0.15, 0.2) is 35.3 Å². The molecule has 0 saturated carbocycles. The van der Waals surface area contributed by atoms with Crippen LogP contribution in [0.1, 0.15) is 23.6 Å². The second-order valence-electron chi connectivity index (χ2n) is 3.59. The van der Waals surface area contributed by atoms with Crippen molar-refractivity contribution in [3.05, 3.63) is 46.5 Å². The van der Waals surface area contributed by atoms with Gasteiger partial charge >= 0.3 is 0 Å². The van der Waals surface area contributed by atoms with Gasteiger partial charge in [0.05, 0.1) is 0 Å². The van der Waals surface area contributed by atoms with Crippen molar-refractivity contribution in [1.82, 2.24) is 5.32 Å². The van der Waals surface area contributed by atoms with Crippen LogP contribution in [0.4, 0.5) is 0 Å². The van der Waals surface area contributed by atoms with E-state index in [1.807, 2.05) is 6.08 Å². The first-order valence-corrected chi connectivity index (χ1v) is 5.74. The maximum Gasteiger partial charge on any atom is 0.0358 e. The fraction of sp³-hybridized carbons (Fsp3) is 0.333. The Bertz CT molecular complexity index is 351. The van der Waals surface area contributed by atoms with E-state index in [0.717, 1.165) is 19.4 Å². The molecule has 1 heterocycles. The fourth-order valence-corrected chi connectivity index (χ4v) is 2.60. The Morgan fingerprint density at radius 2 is 2.33 bits per heavy atom. The van der Waals surface area contributed by atoms with Crippen molar-refractivity contribution in [3.8, 4) is 0 Å². The predicted octanol–water partition coefficient (Wildman–Crippen LogP) is 0.216. The number of nitrogens with one attached hydrogen (secondary N) is 1. The molecule has 1 unspecified atom stereocenters. The monoisotopic (exact) mass is 286 g/mol. The second-order valence-corrected chi connectivity index (χ2v) is 4.44. The first-order valence-electron chi connectivity index (χ1n) is 4.94. The van der Waals surface area contributed by atoms with Crippen molar-refractivity contribution in [3.63, 3.8) is 0 Å². The zero-order valence-electron chi connectivity index (χ0n) is 8.47. The van der Waals surface area contributed by atoms with Gasteiger partial charge in [0.15, 0.2) is 0 Å². The first-order chi connectivity index (χ1) is 6.83. The minimum atomic E-state index is 0. The van der Waals surface area contributed by atoms with Crippen molar-refractivity contribution >= 4 is 15.9 Å². The third kappa shape index (κ3) is 2.63. The summed E-state index contributed by atoms with van der Waals surface area (Å²) in [7, 11) is 0. The molecule has 1 aromatic carbocycles. The fourth-order valence-electron chi connectivity index (χ4n) is 2.02. The molecule has 2 rings (SSSR count). The molecule has 0 spiro atoms. The van der Waals surface area contributed by atoms with E-state index in [-0.39, 0.29) is 12.4 Å². The van der Waals surface area contributed by atoms with Gasteiger partial charge in [-0.1, -0.05) is 34.1 Å². The zero-order chi connectivity index (χ0) is 9.97. The molecule has 15 heavy (non-hydrogen) atoms. The Kier molecular flexibility index (Phi) is 4.84. The molecule has 1 atom stereocenters. The van der Waals surface area contributed by atoms with Gasteiger partial charge < -0.3 is 17.7 Å². The molecule has 0 bridgehead atoms. The second kappa shape index (κ2) is 5.69. The zero-order valence-corrected chi connectivity index (χ0v) is 10.8. The van der Waals surface area contributed by atoms with Crippen LogP contribution in [-0.2, 0) is 6.42 Å². The molecule has 1 N–H and O–H groups in total. The SMILES string of the molecule is C=CCC1NCCc2c(Br)cccc21.[Cl-]. The molecular weight excluding hydrogens is 273 g/mol. The molecule has 0 fully saturated rings. The van der Waals surface area contributed by atoms with E-state index >= 15 is 0 Å². The summed E-state index contributed by atoms with van der Waals surface area (Å²) >= 11 is 3.61. The van der Waals surface area contributed by atoms with E-state index in [1.165, 1.54) is 15.6 Å². The summed E-state index contributed by atoms with van der Waals surface area (Å²) in [6.07, 6.45) is 4.10. The molecule has 1 aliphatic rings. The smallest absolute Gasteiger partial charge is 0.0358 e. The average Bonchev–Trinajstić information content (AvgIpc) is 2.20. The highest BCUT2D eigenvalue weighted by molar-refractivity contribution is 9.10. The summed E-state index contributed by atoms with van der Waals surface area (Å²) in [6.45, 7) is 4.86. The van der Waals surface area contributed by atoms with Crippen molar-refractivity contribution in [1.29, 1.82) is 0 Å². The molecule has 0 aromatic heterocycles. The maximum absolute atomic E-state index is 3.80. The third-order valence-corrected chi connectivity index (χ3v) is 3.44. The highest BCUT2D eigenvalue weighted by Crippen LogP contribution is 2.30. The molecule has 1 aromatic rings. The first kappa shape index (κ1) is 12.8. The summed E-state index contributed by atoms with van der Waals surface area (Å²) in [5, 5.41) is 3.51. The average molecular weight is 288 g/mol. The minimum Gasteiger partial charge on any atom is -1.00 e. The van der Waals surface area contributed by atoms with Crippen molar-refractivity contribution in [2.45, 2.75) is 18.9 Å². The topological polar surface area (TPSA) is 12.0 Å². The standard InChI is InChI=1S/C12H14BrN.ClH/c1-2-4-12-10-5-3-6-11(13)9(10)7-8-14-12;/h2-3,5-6,12,14H,1,4,7-8H2;1H/p-1. The molecule has 0 aliphatic carbocycles. The van der Waals surface area contributed by atoms with E-state index in [2.05, 4.69) is 46.0 Å². The quantitative estimate of drug-likeness (QED) is 0.767. The Balaban J connectivity index is 0.00000112. The van der Waals surface area contributed by atoms with Gasteiger partial charge in [-0.2, -0.15) is 0 Å². The molecule has 0 saturated heterocycles. The maximum atomic E-state index is 3.80. The van der Waals surface area contributed by atoms with Crippen LogP contribution in [0.3, 0.4) is 0 Å². The number of rotatable bonds is 2. The number of halogens is 2. The van der Waals surface area contributed by atoms with Crippen molar-refractivity contribution < 1.29 is 12.4 Å². The lowest BCUT2D eigenvalue weighted by molar-refractivity contribution is -0.00000278. The van der Waals surface area contributed by atoms with E-state index in [0.29, 0.717) is 6.04 Å². The van der Waals surface area contributed by atoms with Crippen LogP contribution in [0, 0.1) is 0 Å². The largest absolute Gasteiger partial charge is 1.00 e. The number of fused-ring (bicyclic) bond motifs is 1. The Morgan fingerprint density at radius 1 is 1.53 bits per heavy atom. The number of hydrogen-bond donors (Lipinski definition) is 1. The van der Waals surface area contributed by atoms with E-state index in [9.17, 15) is 0 Å². The van der Waals surface area contributed by atoms with Crippen LogP contribution >= 0.6 is 15.9 Å². The normalized spacial score (nSPS) is 18.9. The van der Waals surface area contributed by atoms with E-state index in [1.54, 1.807) is 0 Å². The van der Waals surface area contributed by atoms with Gasteiger partial charge in [-0.25, -0.2) is 0 Å². The van der Waals surface area contributed by atoms with Gasteiger partial charge in [-0.15, -0.1) is 6.58 Å². The molecule has 0 radical (unpaired) electrons. The van der Waals surface area contributed by atoms with Crippen LogP contribution in [0.5, 0.6) is 0 Å². The number of benzene rings is 1. The molecule has 1 aliphatic heterocycles. The van der Waals surface area contributed by atoms with Gasteiger partial charge in [0.2, 0.25) is 0 Å². The van der Waals surface area contributed by atoms with Gasteiger partial charge in [-0.3, -0.25) is 0 Å². The Hall–Kier alpha value is -0.310. The van der Waals surface area contributed by atoms with Gasteiger partial charge in [-0.05, 0) is 36.6 Å². The summed E-state index contributed by atoms with van der Waals surface area (Å²) < 4.78 is 1.24. The predicted molar refractivity (Wildman–Crippen MR) is 63.4 cm³/mol. The lowest BCUT2D eigenvalue weighted by Crippen LogP contribution is -3.00. The van der Waals surface area contributed by atoms with Gasteiger partial charge in [0.25, 0.3) is 0 Å². The molecule has 82 valence electrons. The summed E-state index contributed by atoms with van der Waals surface area (Å²) in [5.41, 5.74) is 2.88. The third-order valence-electron chi connectivity index (χ3n) is 2.70. The van der Waals surface area contributed by atoms with Crippen LogP contribution in [-0.4, -0.2) is 6.54 Å². The van der Waals surface area contributed by atoms with Crippen molar-refractivity contribution in [2.75, 3.05) is 6.54 Å². The lowest BCUT2D eigenvalue weighted by Gasteiger charge is -2.26. The number of hydrogen-bond acceptors (Lipinski definition) is 1. The van der Waals surface area contributed by atoms with Crippen LogP contribution in [0.25, 0.3) is 0 Å². The summed E-state index contributed by atoms with van der Waals surface area (Å²) in [5.74, 6) is 0. The Labute approximate surface area is 105 Å². The van der Waals surface area contributed by atoms with Gasteiger partial charge in [0, 0.05) is 10.5 Å². The molecule has 0 amide bonds. The highest BCUT2D eigenvalue weighted by Gasteiger charge is 2.19. The molecule has 3 heteroatoms. The summed E-state index contributed by atoms with van der Waals surface area (Å²) in [4.78, 5) is 0. The van der Waals surface area contributed by atoms with E-state index < -0.39 is 0 Å². The molecule has 1 nitrogen and oxygen atoms in total. The van der Waals surface area contributed by atoms with Crippen LogP contribution in [0.2, 0.25) is 0 Å². The summed E-state index contributed by atoms with van der Waals surface area (Å²) in [6, 6.07) is 6.88. The lowest BCUT2D eigenvalue weighted by atomic mass is 9.93. The van der Waals surface area contributed by atoms with E-state index in [4.69, 9.17) is 0 Å². The minimum absolute atomic E-state index is 0. The highest BCUT2D eigenvalue weighted by atomic mass is 79.9. The van der Waals surface area contributed by atoms with Gasteiger partial charge in [0.1, 0.15) is 0 Å². The van der Waals surface area contributed by atoms with Crippen LogP contribution < -0.4 is 17.7 Å². The Morgan fingerprint density at radius 3 is 3.07 bits per heavy atom. The molecular formula is C12H14BrClN-.